The number of ether oxygens (including phenoxy) is 3. The molecule has 164 valence electrons. The Labute approximate surface area is 190 Å². The highest BCUT2D eigenvalue weighted by molar-refractivity contribution is 14.0. The Morgan fingerprint density at radius 2 is 2.07 bits per heavy atom. The SMILES string of the molecule is CN=C(NCc1cc(F)cc2c1OCOC2)NCC1CCCOC1C(C)(C)C.I. The molecule has 0 saturated carbocycles. The van der Waals surface area contributed by atoms with Crippen LogP contribution >= 0.6 is 24.0 Å². The lowest BCUT2D eigenvalue weighted by Crippen LogP contribution is -2.47. The summed E-state index contributed by atoms with van der Waals surface area (Å²) in [6.07, 6.45) is 2.44. The number of rotatable bonds is 4. The summed E-state index contributed by atoms with van der Waals surface area (Å²) in [6, 6.07) is 2.95. The molecule has 1 fully saturated rings. The second kappa shape index (κ2) is 10.8. The lowest BCUT2D eigenvalue weighted by molar-refractivity contribution is -0.0835. The van der Waals surface area contributed by atoms with Gasteiger partial charge in [-0.1, -0.05) is 20.8 Å². The van der Waals surface area contributed by atoms with E-state index in [2.05, 4.69) is 36.4 Å². The molecule has 2 unspecified atom stereocenters. The van der Waals surface area contributed by atoms with Crippen LogP contribution in [0.4, 0.5) is 4.39 Å². The fourth-order valence-corrected chi connectivity index (χ4v) is 4.02. The van der Waals surface area contributed by atoms with Crippen LogP contribution in [0, 0.1) is 17.2 Å². The minimum atomic E-state index is -0.292. The van der Waals surface area contributed by atoms with Gasteiger partial charge in [-0.05, 0) is 30.4 Å². The van der Waals surface area contributed by atoms with Crippen molar-refractivity contribution >= 4 is 29.9 Å². The molecule has 0 bridgehead atoms. The fourth-order valence-electron chi connectivity index (χ4n) is 4.02. The molecule has 8 heteroatoms. The van der Waals surface area contributed by atoms with E-state index >= 15 is 0 Å². The van der Waals surface area contributed by atoms with Crippen molar-refractivity contribution in [3.8, 4) is 5.75 Å². The molecular weight excluding hydrogens is 488 g/mol. The van der Waals surface area contributed by atoms with Crippen molar-refractivity contribution in [3.63, 3.8) is 0 Å². The van der Waals surface area contributed by atoms with Gasteiger partial charge in [0.05, 0.1) is 12.7 Å². The van der Waals surface area contributed by atoms with Crippen LogP contribution in [0.15, 0.2) is 17.1 Å². The summed E-state index contributed by atoms with van der Waals surface area (Å²) in [5, 5.41) is 6.67. The highest BCUT2D eigenvalue weighted by Gasteiger charge is 2.35. The van der Waals surface area contributed by atoms with E-state index in [1.54, 1.807) is 7.05 Å². The third-order valence-corrected chi connectivity index (χ3v) is 5.25. The molecule has 0 spiro atoms. The second-order valence-electron chi connectivity index (χ2n) is 8.53. The third-order valence-electron chi connectivity index (χ3n) is 5.25. The fraction of sp³-hybridized carbons (Fsp3) is 0.667. The second-order valence-corrected chi connectivity index (χ2v) is 8.53. The Kier molecular flexibility index (Phi) is 8.96. The van der Waals surface area contributed by atoms with E-state index in [0.29, 0.717) is 30.8 Å². The van der Waals surface area contributed by atoms with Crippen LogP contribution in [-0.4, -0.2) is 39.1 Å². The van der Waals surface area contributed by atoms with E-state index in [0.717, 1.165) is 37.1 Å². The first-order valence-corrected chi connectivity index (χ1v) is 9.96. The van der Waals surface area contributed by atoms with Crippen molar-refractivity contribution in [3.05, 3.63) is 29.1 Å². The summed E-state index contributed by atoms with van der Waals surface area (Å²) in [4.78, 5) is 4.30. The molecule has 2 aliphatic heterocycles. The number of hydrogen-bond donors (Lipinski definition) is 2. The molecule has 2 heterocycles. The van der Waals surface area contributed by atoms with Crippen LogP contribution in [0.2, 0.25) is 0 Å². The predicted molar refractivity (Wildman–Crippen MR) is 122 cm³/mol. The molecule has 29 heavy (non-hydrogen) atoms. The monoisotopic (exact) mass is 521 g/mol. The molecule has 0 amide bonds. The highest BCUT2D eigenvalue weighted by Crippen LogP contribution is 2.33. The van der Waals surface area contributed by atoms with Gasteiger partial charge in [-0.2, -0.15) is 0 Å². The van der Waals surface area contributed by atoms with Crippen molar-refractivity contribution in [2.45, 2.75) is 52.9 Å². The zero-order valence-corrected chi connectivity index (χ0v) is 20.0. The van der Waals surface area contributed by atoms with Gasteiger partial charge < -0.3 is 24.8 Å². The molecule has 0 radical (unpaired) electrons. The van der Waals surface area contributed by atoms with Crippen molar-refractivity contribution in [1.29, 1.82) is 0 Å². The van der Waals surface area contributed by atoms with Gasteiger partial charge in [0.2, 0.25) is 0 Å². The van der Waals surface area contributed by atoms with Crippen LogP contribution in [0.25, 0.3) is 0 Å². The minimum absolute atomic E-state index is 0. The average molecular weight is 521 g/mol. The van der Waals surface area contributed by atoms with Crippen LogP contribution in [0.5, 0.6) is 5.75 Å². The number of aliphatic imine (C=N–C) groups is 1. The van der Waals surface area contributed by atoms with E-state index in [9.17, 15) is 4.39 Å². The van der Waals surface area contributed by atoms with Crippen LogP contribution < -0.4 is 15.4 Å². The number of halogens is 2. The van der Waals surface area contributed by atoms with Crippen molar-refractivity contribution in [1.82, 2.24) is 10.6 Å². The molecule has 2 atom stereocenters. The molecule has 6 nitrogen and oxygen atoms in total. The Bertz CT molecular complexity index is 709. The number of benzene rings is 1. The molecule has 3 rings (SSSR count). The van der Waals surface area contributed by atoms with Crippen molar-refractivity contribution < 1.29 is 18.6 Å². The first-order chi connectivity index (χ1) is 13.4. The van der Waals surface area contributed by atoms with Gasteiger partial charge >= 0.3 is 0 Å². The van der Waals surface area contributed by atoms with Crippen LogP contribution in [-0.2, 0) is 22.6 Å². The first kappa shape index (κ1) is 24.1. The Hall–Kier alpha value is -1.13. The summed E-state index contributed by atoms with van der Waals surface area (Å²) in [6.45, 7) is 9.26. The number of guanidine groups is 1. The molecule has 1 aromatic carbocycles. The summed E-state index contributed by atoms with van der Waals surface area (Å²) in [5.74, 6) is 1.52. The maximum Gasteiger partial charge on any atom is 0.191 e. The first-order valence-electron chi connectivity index (χ1n) is 9.96. The smallest absolute Gasteiger partial charge is 0.191 e. The summed E-state index contributed by atoms with van der Waals surface area (Å²) < 4.78 is 30.8. The largest absolute Gasteiger partial charge is 0.467 e. The Morgan fingerprint density at radius 1 is 1.28 bits per heavy atom. The van der Waals surface area contributed by atoms with E-state index in [1.807, 2.05) is 0 Å². The van der Waals surface area contributed by atoms with E-state index in [4.69, 9.17) is 14.2 Å². The Balaban J connectivity index is 0.00000300. The van der Waals surface area contributed by atoms with Crippen molar-refractivity contribution in [2.75, 3.05) is 27.0 Å². The van der Waals surface area contributed by atoms with E-state index in [-0.39, 0.29) is 48.1 Å². The lowest BCUT2D eigenvalue weighted by atomic mass is 9.78. The Morgan fingerprint density at radius 3 is 2.79 bits per heavy atom. The number of hydrogen-bond acceptors (Lipinski definition) is 4. The number of fused-ring (bicyclic) bond motifs is 1. The summed E-state index contributed by atoms with van der Waals surface area (Å²) >= 11 is 0. The van der Waals surface area contributed by atoms with E-state index in [1.165, 1.54) is 12.1 Å². The normalized spacial score (nSPS) is 22.2. The molecule has 2 N–H and O–H groups in total. The minimum Gasteiger partial charge on any atom is -0.467 e. The molecule has 1 saturated heterocycles. The summed E-state index contributed by atoms with van der Waals surface area (Å²) in [7, 11) is 1.74. The van der Waals surface area contributed by atoms with Gasteiger partial charge in [0.25, 0.3) is 0 Å². The molecule has 1 aromatic rings. The van der Waals surface area contributed by atoms with Gasteiger partial charge in [-0.15, -0.1) is 24.0 Å². The maximum atomic E-state index is 13.9. The lowest BCUT2D eigenvalue weighted by Gasteiger charge is -2.40. The predicted octanol–water partition coefficient (Wildman–Crippen LogP) is 3.82. The van der Waals surface area contributed by atoms with Gasteiger partial charge in [-0.3, -0.25) is 4.99 Å². The quantitative estimate of drug-likeness (QED) is 0.359. The standard InChI is InChI=1S/C21H32FN3O3.HI/c1-21(2,3)19-14(6-5-7-27-19)10-24-20(23-4)25-11-15-8-17(22)9-16-12-26-13-28-18(15)16;/h8-9,14,19H,5-7,10-13H2,1-4H3,(H2,23,24,25);1H. The third kappa shape index (κ3) is 6.42. The van der Waals surface area contributed by atoms with Crippen LogP contribution in [0.1, 0.15) is 44.7 Å². The van der Waals surface area contributed by atoms with Gasteiger partial charge in [0.15, 0.2) is 12.8 Å². The summed E-state index contributed by atoms with van der Waals surface area (Å²) in [5.41, 5.74) is 1.59. The highest BCUT2D eigenvalue weighted by atomic mass is 127. The number of nitrogens with zero attached hydrogens (tertiary/aromatic N) is 1. The topological polar surface area (TPSA) is 64.1 Å². The number of nitrogens with one attached hydrogen (secondary N) is 2. The van der Waals surface area contributed by atoms with Crippen molar-refractivity contribution in [2.24, 2.45) is 16.3 Å². The molecular formula is C21H33FIN3O3. The molecule has 0 aliphatic carbocycles. The maximum absolute atomic E-state index is 13.9. The van der Waals surface area contributed by atoms with E-state index < -0.39 is 0 Å². The molecule has 2 aliphatic rings. The zero-order chi connectivity index (χ0) is 20.1. The van der Waals surface area contributed by atoms with Gasteiger partial charge in [-0.25, -0.2) is 4.39 Å². The van der Waals surface area contributed by atoms with Gasteiger partial charge in [0, 0.05) is 43.8 Å². The van der Waals surface area contributed by atoms with Crippen LogP contribution in [0.3, 0.4) is 0 Å². The van der Waals surface area contributed by atoms with Gasteiger partial charge in [0.1, 0.15) is 11.6 Å². The zero-order valence-electron chi connectivity index (χ0n) is 17.7. The average Bonchev–Trinajstić information content (AvgIpc) is 2.67. The molecule has 0 aromatic heterocycles.